The van der Waals surface area contributed by atoms with Gasteiger partial charge in [0, 0.05) is 22.5 Å². The summed E-state index contributed by atoms with van der Waals surface area (Å²) in [5.74, 6) is 0.607. The van der Waals surface area contributed by atoms with Crippen LogP contribution in [0.15, 0.2) is 127 Å². The number of para-hydroxylation sites is 2. The van der Waals surface area contributed by atoms with Gasteiger partial charge in [0.15, 0.2) is 5.82 Å². The van der Waals surface area contributed by atoms with Crippen molar-refractivity contribution >= 4 is 17.2 Å². The molecule has 0 saturated carbocycles. The molecule has 33 heavy (non-hydrogen) atoms. The van der Waals surface area contributed by atoms with E-state index in [-0.39, 0.29) is 0 Å². The third kappa shape index (κ3) is 4.11. The summed E-state index contributed by atoms with van der Waals surface area (Å²) in [6.45, 7) is 0. The summed E-state index contributed by atoms with van der Waals surface area (Å²) in [4.78, 5) is 7.11. The zero-order valence-corrected chi connectivity index (χ0v) is 18.0. The molecule has 5 rings (SSSR count). The second-order valence-corrected chi connectivity index (χ2v) is 7.60. The largest absolute Gasteiger partial charge is 0.294 e. The predicted octanol–water partition coefficient (Wildman–Crippen LogP) is 7.76. The van der Waals surface area contributed by atoms with Crippen LogP contribution in [0, 0.1) is 11.3 Å². The molecule has 5 aromatic rings. The molecule has 0 fully saturated rings. The Morgan fingerprint density at radius 2 is 1.03 bits per heavy atom. The molecule has 0 spiro atoms. The van der Waals surface area contributed by atoms with Gasteiger partial charge in [-0.25, -0.2) is 4.98 Å². The number of anilines is 3. The standard InChI is InChI=1S/C30H21N3/c31-22-28-27(23-13-5-1-6-14-23)21-29(24-15-7-2-8-16-24)32-30(28)33(25-17-9-3-10-18-25)26-19-11-4-12-20-26/h1-21H. The van der Waals surface area contributed by atoms with Crippen LogP contribution >= 0.6 is 0 Å². The maximum absolute atomic E-state index is 10.3. The maximum atomic E-state index is 10.3. The number of hydrogen-bond acceptors (Lipinski definition) is 3. The zero-order chi connectivity index (χ0) is 22.5. The molecule has 0 N–H and O–H groups in total. The van der Waals surface area contributed by atoms with Crippen molar-refractivity contribution in [3.8, 4) is 28.5 Å². The lowest BCUT2D eigenvalue weighted by Crippen LogP contribution is -2.14. The number of nitriles is 1. The molecule has 1 aromatic heterocycles. The quantitative estimate of drug-likeness (QED) is 0.290. The number of aromatic nitrogens is 1. The Bertz CT molecular complexity index is 1350. The minimum absolute atomic E-state index is 0.536. The second kappa shape index (κ2) is 9.21. The molecular weight excluding hydrogens is 402 g/mol. The average Bonchev–Trinajstić information content (AvgIpc) is 2.91. The third-order valence-electron chi connectivity index (χ3n) is 5.51. The Morgan fingerprint density at radius 1 is 0.576 bits per heavy atom. The monoisotopic (exact) mass is 423 g/mol. The van der Waals surface area contributed by atoms with Crippen LogP contribution in [0.2, 0.25) is 0 Å². The van der Waals surface area contributed by atoms with Crippen molar-refractivity contribution in [2.75, 3.05) is 4.90 Å². The topological polar surface area (TPSA) is 39.9 Å². The van der Waals surface area contributed by atoms with Crippen LogP contribution < -0.4 is 4.90 Å². The normalized spacial score (nSPS) is 10.4. The van der Waals surface area contributed by atoms with Gasteiger partial charge >= 0.3 is 0 Å². The summed E-state index contributed by atoms with van der Waals surface area (Å²) in [7, 11) is 0. The van der Waals surface area contributed by atoms with E-state index in [1.54, 1.807) is 0 Å². The van der Waals surface area contributed by atoms with E-state index in [0.29, 0.717) is 11.4 Å². The van der Waals surface area contributed by atoms with Gasteiger partial charge in [-0.3, -0.25) is 4.90 Å². The van der Waals surface area contributed by atoms with E-state index in [1.807, 2.05) is 127 Å². The summed E-state index contributed by atoms with van der Waals surface area (Å²) in [5, 5.41) is 10.3. The zero-order valence-electron chi connectivity index (χ0n) is 18.0. The smallest absolute Gasteiger partial charge is 0.156 e. The minimum Gasteiger partial charge on any atom is -0.294 e. The Kier molecular flexibility index (Phi) is 5.65. The highest BCUT2D eigenvalue weighted by atomic mass is 15.2. The Labute approximate surface area is 193 Å². The fourth-order valence-electron chi connectivity index (χ4n) is 3.95. The van der Waals surface area contributed by atoms with Gasteiger partial charge in [0.2, 0.25) is 0 Å². The van der Waals surface area contributed by atoms with Crippen LogP contribution in [0.25, 0.3) is 22.4 Å². The van der Waals surface area contributed by atoms with Gasteiger partial charge in [-0.05, 0) is 35.9 Å². The fraction of sp³-hybridized carbons (Fsp3) is 0. The highest BCUT2D eigenvalue weighted by molar-refractivity contribution is 5.86. The van der Waals surface area contributed by atoms with Crippen LogP contribution in [0.5, 0.6) is 0 Å². The Hall–Kier alpha value is -4.68. The SMILES string of the molecule is N#Cc1c(-c2ccccc2)cc(-c2ccccc2)nc1N(c1ccccc1)c1ccccc1. The molecule has 0 atom stereocenters. The third-order valence-corrected chi connectivity index (χ3v) is 5.51. The lowest BCUT2D eigenvalue weighted by atomic mass is 9.97. The van der Waals surface area contributed by atoms with Crippen molar-refractivity contribution in [2.45, 2.75) is 0 Å². The second-order valence-electron chi connectivity index (χ2n) is 7.60. The van der Waals surface area contributed by atoms with Gasteiger partial charge in [0.1, 0.15) is 11.6 Å². The van der Waals surface area contributed by atoms with E-state index < -0.39 is 0 Å². The molecule has 3 heteroatoms. The van der Waals surface area contributed by atoms with Crippen molar-refractivity contribution in [3.05, 3.63) is 133 Å². The number of pyridine rings is 1. The summed E-state index contributed by atoms with van der Waals surface area (Å²) >= 11 is 0. The molecule has 0 saturated heterocycles. The summed E-state index contributed by atoms with van der Waals surface area (Å²) < 4.78 is 0. The van der Waals surface area contributed by atoms with Crippen LogP contribution in [0.1, 0.15) is 5.56 Å². The van der Waals surface area contributed by atoms with Gasteiger partial charge in [-0.2, -0.15) is 5.26 Å². The van der Waals surface area contributed by atoms with E-state index in [4.69, 9.17) is 4.98 Å². The maximum Gasteiger partial charge on any atom is 0.156 e. The van der Waals surface area contributed by atoms with Crippen molar-refractivity contribution in [3.63, 3.8) is 0 Å². The molecule has 0 aliphatic rings. The van der Waals surface area contributed by atoms with Gasteiger partial charge in [0.05, 0.1) is 5.69 Å². The summed E-state index contributed by atoms with van der Waals surface area (Å²) in [6.07, 6.45) is 0. The van der Waals surface area contributed by atoms with Crippen LogP contribution in [0.4, 0.5) is 17.2 Å². The molecule has 0 radical (unpaired) electrons. The minimum atomic E-state index is 0.536. The summed E-state index contributed by atoms with van der Waals surface area (Å²) in [6, 6.07) is 44.7. The lowest BCUT2D eigenvalue weighted by molar-refractivity contribution is 1.17. The Balaban J connectivity index is 1.84. The van der Waals surface area contributed by atoms with E-state index in [1.165, 1.54) is 0 Å². The van der Waals surface area contributed by atoms with Gasteiger partial charge in [-0.1, -0.05) is 97.1 Å². The first-order valence-electron chi connectivity index (χ1n) is 10.8. The fourth-order valence-corrected chi connectivity index (χ4v) is 3.95. The van der Waals surface area contributed by atoms with Crippen molar-refractivity contribution < 1.29 is 0 Å². The van der Waals surface area contributed by atoms with Gasteiger partial charge in [0.25, 0.3) is 0 Å². The number of nitrogens with zero attached hydrogens (tertiary/aromatic N) is 3. The molecule has 0 unspecified atom stereocenters. The molecule has 3 nitrogen and oxygen atoms in total. The van der Waals surface area contributed by atoms with Crippen molar-refractivity contribution in [1.29, 1.82) is 5.26 Å². The van der Waals surface area contributed by atoms with E-state index in [0.717, 1.165) is 33.8 Å². The predicted molar refractivity (Wildman–Crippen MR) is 135 cm³/mol. The Morgan fingerprint density at radius 3 is 1.52 bits per heavy atom. The van der Waals surface area contributed by atoms with Crippen LogP contribution in [-0.2, 0) is 0 Å². The number of benzene rings is 4. The molecule has 0 aliphatic carbocycles. The molecular formula is C30H21N3. The number of rotatable bonds is 5. The molecule has 0 aliphatic heterocycles. The first kappa shape index (κ1) is 20.2. The van der Waals surface area contributed by atoms with Crippen molar-refractivity contribution in [2.24, 2.45) is 0 Å². The molecule has 4 aromatic carbocycles. The van der Waals surface area contributed by atoms with E-state index >= 15 is 0 Å². The van der Waals surface area contributed by atoms with Crippen molar-refractivity contribution in [1.82, 2.24) is 4.98 Å². The highest BCUT2D eigenvalue weighted by Gasteiger charge is 2.22. The average molecular weight is 424 g/mol. The summed E-state index contributed by atoms with van der Waals surface area (Å²) in [5.41, 5.74) is 6.08. The molecule has 0 amide bonds. The first-order valence-corrected chi connectivity index (χ1v) is 10.8. The van der Waals surface area contributed by atoms with Gasteiger partial charge < -0.3 is 0 Å². The first-order chi connectivity index (χ1) is 16.3. The van der Waals surface area contributed by atoms with E-state index in [2.05, 4.69) is 11.0 Å². The molecule has 0 bridgehead atoms. The highest BCUT2D eigenvalue weighted by Crippen LogP contribution is 2.40. The van der Waals surface area contributed by atoms with Crippen LogP contribution in [0.3, 0.4) is 0 Å². The van der Waals surface area contributed by atoms with Gasteiger partial charge in [-0.15, -0.1) is 0 Å². The lowest BCUT2D eigenvalue weighted by Gasteiger charge is -2.26. The molecule has 1 heterocycles. The molecule has 156 valence electrons. The number of hydrogen-bond donors (Lipinski definition) is 0. The van der Waals surface area contributed by atoms with E-state index in [9.17, 15) is 5.26 Å². The van der Waals surface area contributed by atoms with Crippen LogP contribution in [-0.4, -0.2) is 4.98 Å².